The average molecular weight is 248 g/mol. The van der Waals surface area contributed by atoms with E-state index in [1.54, 1.807) is 12.1 Å². The molecule has 98 valence electrons. The van der Waals surface area contributed by atoms with E-state index in [0.29, 0.717) is 5.69 Å². The number of nitrogens with zero attached hydrogens (tertiary/aromatic N) is 1. The van der Waals surface area contributed by atoms with Crippen LogP contribution in [-0.4, -0.2) is 24.2 Å². The maximum Gasteiger partial charge on any atom is 0.337 e. The standard InChI is InChI=1S/C14H20N2O2/c1-2-10-6-8-16(9-7-10)12-5-3-4-11(13(12)15)14(17)18/h3-5,10H,2,6-9,15H2,1H3,(H,17,18). The van der Waals surface area contributed by atoms with E-state index in [-0.39, 0.29) is 5.56 Å². The first-order valence-electron chi connectivity index (χ1n) is 6.50. The third kappa shape index (κ3) is 2.42. The zero-order valence-electron chi connectivity index (χ0n) is 10.7. The van der Waals surface area contributed by atoms with E-state index >= 15 is 0 Å². The van der Waals surface area contributed by atoms with Crippen LogP contribution in [0.15, 0.2) is 18.2 Å². The first-order chi connectivity index (χ1) is 8.63. The summed E-state index contributed by atoms with van der Waals surface area (Å²) in [6, 6.07) is 5.23. The highest BCUT2D eigenvalue weighted by Crippen LogP contribution is 2.31. The van der Waals surface area contributed by atoms with Crippen molar-refractivity contribution >= 4 is 17.3 Å². The van der Waals surface area contributed by atoms with Gasteiger partial charge in [-0.25, -0.2) is 4.79 Å². The van der Waals surface area contributed by atoms with Gasteiger partial charge in [0.05, 0.1) is 16.9 Å². The van der Waals surface area contributed by atoms with Crippen molar-refractivity contribution < 1.29 is 9.90 Å². The van der Waals surface area contributed by atoms with Crippen LogP contribution >= 0.6 is 0 Å². The number of hydrogen-bond acceptors (Lipinski definition) is 3. The van der Waals surface area contributed by atoms with Crippen LogP contribution in [0.2, 0.25) is 0 Å². The van der Waals surface area contributed by atoms with Gasteiger partial charge in [0.1, 0.15) is 0 Å². The minimum Gasteiger partial charge on any atom is -0.478 e. The molecule has 1 aromatic carbocycles. The first kappa shape index (κ1) is 12.7. The summed E-state index contributed by atoms with van der Waals surface area (Å²) in [7, 11) is 0. The molecule has 1 saturated heterocycles. The molecule has 1 aliphatic rings. The minimum absolute atomic E-state index is 0.199. The summed E-state index contributed by atoms with van der Waals surface area (Å²) in [5.41, 5.74) is 7.41. The molecule has 0 aromatic heterocycles. The summed E-state index contributed by atoms with van der Waals surface area (Å²) < 4.78 is 0. The minimum atomic E-state index is -0.960. The van der Waals surface area contributed by atoms with E-state index in [2.05, 4.69) is 11.8 Å². The maximum atomic E-state index is 11.1. The highest BCUT2D eigenvalue weighted by atomic mass is 16.4. The average Bonchev–Trinajstić information content (AvgIpc) is 2.39. The van der Waals surface area contributed by atoms with Crippen molar-refractivity contribution in [1.29, 1.82) is 0 Å². The van der Waals surface area contributed by atoms with Gasteiger partial charge in [-0.3, -0.25) is 0 Å². The zero-order valence-corrected chi connectivity index (χ0v) is 10.7. The molecule has 0 unspecified atom stereocenters. The number of hydrogen-bond donors (Lipinski definition) is 2. The Morgan fingerprint density at radius 3 is 2.67 bits per heavy atom. The molecule has 1 heterocycles. The van der Waals surface area contributed by atoms with Gasteiger partial charge in [-0.05, 0) is 30.9 Å². The van der Waals surface area contributed by atoms with Crippen LogP contribution in [0.3, 0.4) is 0 Å². The molecule has 4 nitrogen and oxygen atoms in total. The number of aromatic carboxylic acids is 1. The predicted molar refractivity (Wildman–Crippen MR) is 73.0 cm³/mol. The molecular formula is C14H20N2O2. The fourth-order valence-corrected chi connectivity index (χ4v) is 2.60. The number of para-hydroxylation sites is 1. The van der Waals surface area contributed by atoms with Gasteiger partial charge in [-0.1, -0.05) is 19.4 Å². The van der Waals surface area contributed by atoms with E-state index in [0.717, 1.165) is 37.5 Å². The SMILES string of the molecule is CCC1CCN(c2cccc(C(=O)O)c2N)CC1. The Labute approximate surface area is 107 Å². The van der Waals surface area contributed by atoms with Gasteiger partial charge in [0, 0.05) is 13.1 Å². The lowest BCUT2D eigenvalue weighted by Crippen LogP contribution is -2.34. The van der Waals surface area contributed by atoms with E-state index < -0.39 is 5.97 Å². The molecule has 1 aromatic rings. The van der Waals surface area contributed by atoms with Gasteiger partial charge in [0.2, 0.25) is 0 Å². The number of nitrogen functional groups attached to an aromatic ring is 1. The van der Waals surface area contributed by atoms with Crippen LogP contribution in [0.4, 0.5) is 11.4 Å². The van der Waals surface area contributed by atoms with Gasteiger partial charge < -0.3 is 15.7 Å². The Kier molecular flexibility index (Phi) is 3.75. The summed E-state index contributed by atoms with van der Waals surface area (Å²) in [6.45, 7) is 4.15. The summed E-state index contributed by atoms with van der Waals surface area (Å²) in [5.74, 6) is -0.164. The van der Waals surface area contributed by atoms with Crippen molar-refractivity contribution in [2.24, 2.45) is 5.92 Å². The van der Waals surface area contributed by atoms with E-state index in [1.165, 1.54) is 6.42 Å². The Morgan fingerprint density at radius 2 is 2.11 bits per heavy atom. The number of anilines is 2. The Hall–Kier alpha value is -1.71. The van der Waals surface area contributed by atoms with Crippen LogP contribution < -0.4 is 10.6 Å². The van der Waals surface area contributed by atoms with Gasteiger partial charge in [0.15, 0.2) is 0 Å². The number of benzene rings is 1. The zero-order chi connectivity index (χ0) is 13.1. The molecule has 0 amide bonds. The molecule has 1 aliphatic heterocycles. The number of piperidine rings is 1. The second-order valence-electron chi connectivity index (χ2n) is 4.88. The molecule has 18 heavy (non-hydrogen) atoms. The number of nitrogens with two attached hydrogens (primary N) is 1. The van der Waals surface area contributed by atoms with E-state index in [4.69, 9.17) is 10.8 Å². The molecule has 2 rings (SSSR count). The summed E-state index contributed by atoms with van der Waals surface area (Å²) in [4.78, 5) is 13.3. The van der Waals surface area contributed by atoms with Crippen LogP contribution in [0.25, 0.3) is 0 Å². The molecule has 0 bridgehead atoms. The maximum absolute atomic E-state index is 11.1. The van der Waals surface area contributed by atoms with Crippen molar-refractivity contribution in [3.8, 4) is 0 Å². The fourth-order valence-electron chi connectivity index (χ4n) is 2.60. The van der Waals surface area contributed by atoms with E-state index in [9.17, 15) is 4.79 Å². The highest BCUT2D eigenvalue weighted by molar-refractivity contribution is 5.97. The monoisotopic (exact) mass is 248 g/mol. The van der Waals surface area contributed by atoms with Crippen molar-refractivity contribution in [3.05, 3.63) is 23.8 Å². The van der Waals surface area contributed by atoms with Crippen molar-refractivity contribution in [3.63, 3.8) is 0 Å². The Bertz CT molecular complexity index is 437. The second kappa shape index (κ2) is 5.29. The summed E-state index contributed by atoms with van der Waals surface area (Å²) in [6.07, 6.45) is 3.54. The quantitative estimate of drug-likeness (QED) is 0.807. The normalized spacial score (nSPS) is 16.8. The van der Waals surface area contributed by atoms with Crippen molar-refractivity contribution in [2.75, 3.05) is 23.7 Å². The smallest absolute Gasteiger partial charge is 0.337 e. The number of carboxylic acid groups (broad SMARTS) is 1. The van der Waals surface area contributed by atoms with Crippen LogP contribution in [0.5, 0.6) is 0 Å². The largest absolute Gasteiger partial charge is 0.478 e. The van der Waals surface area contributed by atoms with Crippen LogP contribution in [0.1, 0.15) is 36.5 Å². The fraction of sp³-hybridized carbons (Fsp3) is 0.500. The molecule has 0 radical (unpaired) electrons. The van der Waals surface area contributed by atoms with E-state index in [1.807, 2.05) is 6.07 Å². The van der Waals surface area contributed by atoms with Crippen LogP contribution in [0, 0.1) is 5.92 Å². The third-order valence-electron chi connectivity index (χ3n) is 3.85. The lowest BCUT2D eigenvalue weighted by Gasteiger charge is -2.34. The second-order valence-corrected chi connectivity index (χ2v) is 4.88. The molecule has 3 N–H and O–H groups in total. The molecule has 0 saturated carbocycles. The molecule has 4 heteroatoms. The summed E-state index contributed by atoms with van der Waals surface area (Å²) >= 11 is 0. The van der Waals surface area contributed by atoms with Gasteiger partial charge >= 0.3 is 5.97 Å². The van der Waals surface area contributed by atoms with Crippen LogP contribution in [-0.2, 0) is 0 Å². The third-order valence-corrected chi connectivity index (χ3v) is 3.85. The van der Waals surface area contributed by atoms with Gasteiger partial charge in [0.25, 0.3) is 0 Å². The van der Waals surface area contributed by atoms with Gasteiger partial charge in [-0.2, -0.15) is 0 Å². The number of carbonyl (C=O) groups is 1. The topological polar surface area (TPSA) is 66.6 Å². The molecule has 0 spiro atoms. The Balaban J connectivity index is 2.19. The number of rotatable bonds is 3. The summed E-state index contributed by atoms with van der Waals surface area (Å²) in [5, 5.41) is 9.07. The van der Waals surface area contributed by atoms with Gasteiger partial charge in [-0.15, -0.1) is 0 Å². The molecule has 1 fully saturated rings. The van der Waals surface area contributed by atoms with Crippen molar-refractivity contribution in [2.45, 2.75) is 26.2 Å². The molecule has 0 atom stereocenters. The highest BCUT2D eigenvalue weighted by Gasteiger charge is 2.21. The Morgan fingerprint density at radius 1 is 1.44 bits per heavy atom. The number of carboxylic acids is 1. The lowest BCUT2D eigenvalue weighted by atomic mass is 9.94. The first-order valence-corrected chi connectivity index (χ1v) is 6.50. The van der Waals surface area contributed by atoms with Crippen molar-refractivity contribution in [1.82, 2.24) is 0 Å². The molecular weight excluding hydrogens is 228 g/mol. The predicted octanol–water partition coefficient (Wildman–Crippen LogP) is 2.59. The molecule has 0 aliphatic carbocycles. The lowest BCUT2D eigenvalue weighted by molar-refractivity contribution is 0.0698.